The number of rotatable bonds is 4. The van der Waals surface area contributed by atoms with Crippen LogP contribution < -0.4 is 5.32 Å². The van der Waals surface area contributed by atoms with Crippen LogP contribution in [0.15, 0.2) is 18.2 Å². The number of nitrogens with zero attached hydrogens (tertiary/aromatic N) is 1. The van der Waals surface area contributed by atoms with E-state index in [1.165, 1.54) is 0 Å². The molecule has 1 saturated carbocycles. The van der Waals surface area contributed by atoms with Crippen molar-refractivity contribution in [2.75, 3.05) is 6.54 Å². The van der Waals surface area contributed by atoms with Crippen molar-refractivity contribution >= 4 is 11.6 Å². The van der Waals surface area contributed by atoms with Crippen molar-refractivity contribution in [2.45, 2.75) is 37.7 Å². The highest BCUT2D eigenvalue weighted by Gasteiger charge is 2.30. The van der Waals surface area contributed by atoms with Crippen molar-refractivity contribution in [3.05, 3.63) is 39.7 Å². The summed E-state index contributed by atoms with van der Waals surface area (Å²) in [6.45, 7) is 0.0218. The molecule has 1 aliphatic rings. The zero-order chi connectivity index (χ0) is 15.5. The molecule has 0 bridgehead atoms. The first kappa shape index (κ1) is 15.4. The molecule has 0 spiro atoms. The van der Waals surface area contributed by atoms with Crippen LogP contribution >= 0.6 is 0 Å². The molecular formula is C14H17FN2O4. The Hall–Kier alpha value is -2.02. The molecule has 0 heterocycles. The molecule has 1 aromatic rings. The summed E-state index contributed by atoms with van der Waals surface area (Å²) in [5.74, 6) is -1.58. The minimum absolute atomic E-state index is 0.0218. The number of nitro groups is 1. The van der Waals surface area contributed by atoms with E-state index in [0.717, 1.165) is 37.5 Å². The number of amides is 1. The molecule has 1 fully saturated rings. The normalized spacial score (nSPS) is 17.2. The average Bonchev–Trinajstić information content (AvgIpc) is 2.46. The van der Waals surface area contributed by atoms with Gasteiger partial charge in [-0.05, 0) is 18.9 Å². The minimum atomic E-state index is -0.967. The van der Waals surface area contributed by atoms with Gasteiger partial charge in [-0.1, -0.05) is 19.3 Å². The Bertz CT molecular complexity index is 556. The molecule has 0 saturated heterocycles. The molecule has 0 atom stereocenters. The summed E-state index contributed by atoms with van der Waals surface area (Å²) in [7, 11) is 0. The van der Waals surface area contributed by atoms with Crippen LogP contribution in [0.5, 0.6) is 0 Å². The van der Waals surface area contributed by atoms with Crippen LogP contribution in [-0.4, -0.2) is 28.1 Å². The molecule has 0 aromatic heterocycles. The third-order valence-electron chi connectivity index (χ3n) is 3.77. The Morgan fingerprint density at radius 2 is 2.05 bits per heavy atom. The number of non-ortho nitro benzene ring substituents is 1. The Balaban J connectivity index is 2.06. The maximum absolute atomic E-state index is 13.6. The van der Waals surface area contributed by atoms with Gasteiger partial charge in [0.25, 0.3) is 11.6 Å². The van der Waals surface area contributed by atoms with Gasteiger partial charge in [0.1, 0.15) is 5.82 Å². The Kier molecular flexibility index (Phi) is 4.52. The summed E-state index contributed by atoms with van der Waals surface area (Å²) in [6.07, 6.45) is 4.00. The summed E-state index contributed by atoms with van der Waals surface area (Å²) < 4.78 is 13.6. The number of benzene rings is 1. The highest BCUT2D eigenvalue weighted by Crippen LogP contribution is 2.27. The van der Waals surface area contributed by atoms with Gasteiger partial charge in [0.15, 0.2) is 0 Å². The van der Waals surface area contributed by atoms with Gasteiger partial charge < -0.3 is 10.4 Å². The van der Waals surface area contributed by atoms with Gasteiger partial charge in [0.05, 0.1) is 16.1 Å². The Morgan fingerprint density at radius 3 is 2.67 bits per heavy atom. The molecule has 0 unspecified atom stereocenters. The number of carbonyl (C=O) groups is 1. The van der Waals surface area contributed by atoms with E-state index in [4.69, 9.17) is 0 Å². The van der Waals surface area contributed by atoms with Crippen LogP contribution in [-0.2, 0) is 0 Å². The van der Waals surface area contributed by atoms with E-state index in [2.05, 4.69) is 5.32 Å². The van der Waals surface area contributed by atoms with E-state index in [9.17, 15) is 24.4 Å². The first-order valence-electron chi connectivity index (χ1n) is 6.86. The summed E-state index contributed by atoms with van der Waals surface area (Å²) in [4.78, 5) is 21.9. The van der Waals surface area contributed by atoms with E-state index in [0.29, 0.717) is 12.8 Å². The maximum atomic E-state index is 13.6. The molecule has 0 aliphatic heterocycles. The van der Waals surface area contributed by atoms with Gasteiger partial charge in [0.2, 0.25) is 0 Å². The van der Waals surface area contributed by atoms with Gasteiger partial charge in [-0.25, -0.2) is 4.39 Å². The lowest BCUT2D eigenvalue weighted by atomic mass is 9.85. The van der Waals surface area contributed by atoms with E-state index in [1.807, 2.05) is 0 Å². The van der Waals surface area contributed by atoms with E-state index in [-0.39, 0.29) is 17.8 Å². The minimum Gasteiger partial charge on any atom is -0.388 e. The molecule has 1 aromatic carbocycles. The Morgan fingerprint density at radius 1 is 1.38 bits per heavy atom. The van der Waals surface area contributed by atoms with Gasteiger partial charge >= 0.3 is 0 Å². The lowest BCUT2D eigenvalue weighted by Gasteiger charge is -2.32. The predicted octanol–water partition coefficient (Wildman–Crippen LogP) is 2.16. The second kappa shape index (κ2) is 6.17. The number of carbonyl (C=O) groups excluding carboxylic acids is 1. The average molecular weight is 296 g/mol. The van der Waals surface area contributed by atoms with Gasteiger partial charge in [-0.15, -0.1) is 0 Å². The molecule has 1 amide bonds. The van der Waals surface area contributed by atoms with E-state index >= 15 is 0 Å². The molecular weight excluding hydrogens is 279 g/mol. The second-order valence-electron chi connectivity index (χ2n) is 5.39. The number of nitro benzene ring substituents is 1. The summed E-state index contributed by atoms with van der Waals surface area (Å²) in [5, 5.41) is 23.4. The smallest absolute Gasteiger partial charge is 0.270 e. The molecule has 2 N–H and O–H groups in total. The molecule has 0 radical (unpaired) electrons. The van der Waals surface area contributed by atoms with Crippen LogP contribution in [0.2, 0.25) is 0 Å². The largest absolute Gasteiger partial charge is 0.388 e. The maximum Gasteiger partial charge on any atom is 0.270 e. The Labute approximate surface area is 121 Å². The predicted molar refractivity (Wildman–Crippen MR) is 73.4 cm³/mol. The second-order valence-corrected chi connectivity index (χ2v) is 5.39. The van der Waals surface area contributed by atoms with Crippen LogP contribution in [0, 0.1) is 15.9 Å². The molecule has 1 aliphatic carbocycles. The van der Waals surface area contributed by atoms with Gasteiger partial charge in [-0.2, -0.15) is 0 Å². The lowest BCUT2D eigenvalue weighted by molar-refractivity contribution is -0.384. The SMILES string of the molecule is O=C(NCC1(O)CCCCC1)c1cc([N+](=O)[O-])ccc1F. The molecule has 114 valence electrons. The summed E-state index contributed by atoms with van der Waals surface area (Å²) >= 11 is 0. The van der Waals surface area contributed by atoms with Gasteiger partial charge in [0, 0.05) is 18.7 Å². The van der Waals surface area contributed by atoms with Crippen molar-refractivity contribution in [2.24, 2.45) is 0 Å². The number of aliphatic hydroxyl groups is 1. The monoisotopic (exact) mass is 296 g/mol. The highest BCUT2D eigenvalue weighted by molar-refractivity contribution is 5.95. The van der Waals surface area contributed by atoms with Crippen molar-refractivity contribution < 1.29 is 19.2 Å². The van der Waals surface area contributed by atoms with Crippen molar-refractivity contribution in [1.29, 1.82) is 0 Å². The van der Waals surface area contributed by atoms with Crippen molar-refractivity contribution in [3.8, 4) is 0 Å². The first-order valence-corrected chi connectivity index (χ1v) is 6.86. The standard InChI is InChI=1S/C14H17FN2O4/c15-12-5-4-10(17(20)21)8-11(12)13(18)16-9-14(19)6-2-1-3-7-14/h4-5,8,19H,1-3,6-7,9H2,(H,16,18). The van der Waals surface area contributed by atoms with Crippen molar-refractivity contribution in [3.63, 3.8) is 0 Å². The number of nitrogens with one attached hydrogen (secondary N) is 1. The summed E-state index contributed by atoms with van der Waals surface area (Å²) in [5.41, 5.74) is -1.70. The quantitative estimate of drug-likeness (QED) is 0.657. The third kappa shape index (κ3) is 3.75. The van der Waals surface area contributed by atoms with Gasteiger partial charge in [-0.3, -0.25) is 14.9 Å². The highest BCUT2D eigenvalue weighted by atomic mass is 19.1. The lowest BCUT2D eigenvalue weighted by Crippen LogP contribution is -2.44. The topological polar surface area (TPSA) is 92.5 Å². The molecule has 21 heavy (non-hydrogen) atoms. The van der Waals surface area contributed by atoms with E-state index < -0.39 is 22.2 Å². The third-order valence-corrected chi connectivity index (χ3v) is 3.77. The fourth-order valence-corrected chi connectivity index (χ4v) is 2.53. The van der Waals surface area contributed by atoms with Crippen LogP contribution in [0.25, 0.3) is 0 Å². The van der Waals surface area contributed by atoms with Crippen LogP contribution in [0.4, 0.5) is 10.1 Å². The fraction of sp³-hybridized carbons (Fsp3) is 0.500. The van der Waals surface area contributed by atoms with Crippen molar-refractivity contribution in [1.82, 2.24) is 5.32 Å². The first-order chi connectivity index (χ1) is 9.91. The molecule has 6 nitrogen and oxygen atoms in total. The fourth-order valence-electron chi connectivity index (χ4n) is 2.53. The van der Waals surface area contributed by atoms with E-state index in [1.54, 1.807) is 0 Å². The van der Waals surface area contributed by atoms with Crippen LogP contribution in [0.3, 0.4) is 0 Å². The van der Waals surface area contributed by atoms with Crippen LogP contribution in [0.1, 0.15) is 42.5 Å². The zero-order valence-electron chi connectivity index (χ0n) is 11.5. The number of halogens is 1. The number of hydrogen-bond donors (Lipinski definition) is 2. The number of hydrogen-bond acceptors (Lipinski definition) is 4. The molecule has 2 rings (SSSR count). The zero-order valence-corrected chi connectivity index (χ0v) is 11.5. The molecule has 7 heteroatoms. The summed E-state index contributed by atoms with van der Waals surface area (Å²) in [6, 6.07) is 2.79.